The summed E-state index contributed by atoms with van der Waals surface area (Å²) in [6, 6.07) is 1.93. The van der Waals surface area contributed by atoms with Crippen LogP contribution in [-0.4, -0.2) is 94.0 Å². The summed E-state index contributed by atoms with van der Waals surface area (Å²) >= 11 is 6.18. The maximum absolute atomic E-state index is 12.4. The maximum atomic E-state index is 12.4. The Morgan fingerprint density at radius 1 is 1.17 bits per heavy atom. The summed E-state index contributed by atoms with van der Waals surface area (Å²) < 4.78 is 10.6. The number of allylic oxidation sites excluding steroid dienone is 1. The van der Waals surface area contributed by atoms with Crippen LogP contribution in [0.4, 0.5) is 17.6 Å². The Kier molecular flexibility index (Phi) is 15.1. The van der Waals surface area contributed by atoms with Crippen LogP contribution in [0, 0.1) is 5.92 Å². The first-order chi connectivity index (χ1) is 17.3. The lowest BCUT2D eigenvalue weighted by atomic mass is 10.1. The molecule has 0 spiro atoms. The molecule has 9 nitrogen and oxygen atoms in total. The molecule has 2 heterocycles. The number of methoxy groups -OCH3 is 2. The van der Waals surface area contributed by atoms with Gasteiger partial charge in [-0.2, -0.15) is 9.97 Å². The molecule has 0 aliphatic carbocycles. The largest absolute Gasteiger partial charge is 0.383 e. The van der Waals surface area contributed by atoms with Crippen molar-refractivity contribution in [2.24, 2.45) is 5.92 Å². The molecule has 0 unspecified atom stereocenters. The normalized spacial score (nSPS) is 14.1. The standard InChI is InChI=1S/C24H39ClN6O3.C2H6/c1-7-20(19(4)25)17-26-21-16-22(29(12-14-33-5)13-15-34-6)28-24(27-21)31-10-8-30(9-11-31)23(32)18(2)3;1-2/h7,16,18H,1,8-15,17H2,2-6H3,(H,26,27,28);1-2H3/b20-19-;. The Morgan fingerprint density at radius 3 is 2.22 bits per heavy atom. The van der Waals surface area contributed by atoms with Crippen molar-refractivity contribution in [2.45, 2.75) is 34.6 Å². The first-order valence-corrected chi connectivity index (χ1v) is 13.1. The van der Waals surface area contributed by atoms with Crippen molar-refractivity contribution >= 4 is 35.1 Å². The topological polar surface area (TPSA) is 83.1 Å². The minimum atomic E-state index is -0.00504. The average Bonchev–Trinajstić information content (AvgIpc) is 2.89. The number of nitrogens with one attached hydrogen (secondary N) is 1. The molecule has 1 aromatic heterocycles. The van der Waals surface area contributed by atoms with Crippen LogP contribution in [0.3, 0.4) is 0 Å². The number of amides is 1. The van der Waals surface area contributed by atoms with Gasteiger partial charge in [0.2, 0.25) is 11.9 Å². The number of carbonyl (C=O) groups excluding carboxylic acids is 1. The molecule has 1 N–H and O–H groups in total. The van der Waals surface area contributed by atoms with Crippen molar-refractivity contribution in [1.82, 2.24) is 14.9 Å². The van der Waals surface area contributed by atoms with E-state index in [2.05, 4.69) is 21.7 Å². The Labute approximate surface area is 222 Å². The zero-order valence-corrected chi connectivity index (χ0v) is 23.9. The first-order valence-electron chi connectivity index (χ1n) is 12.7. The van der Waals surface area contributed by atoms with E-state index < -0.39 is 0 Å². The summed E-state index contributed by atoms with van der Waals surface area (Å²) in [6.07, 6.45) is 1.74. The fraction of sp³-hybridized carbons (Fsp3) is 0.654. The van der Waals surface area contributed by atoms with Crippen LogP contribution in [0.5, 0.6) is 0 Å². The van der Waals surface area contributed by atoms with E-state index in [9.17, 15) is 4.79 Å². The average molecular weight is 525 g/mol. The van der Waals surface area contributed by atoms with E-state index in [0.717, 1.165) is 11.4 Å². The van der Waals surface area contributed by atoms with Gasteiger partial charge in [-0.05, 0) is 12.5 Å². The molecule has 1 aliphatic rings. The number of nitrogens with zero attached hydrogens (tertiary/aromatic N) is 5. The van der Waals surface area contributed by atoms with Gasteiger partial charge in [-0.25, -0.2) is 0 Å². The van der Waals surface area contributed by atoms with Gasteiger partial charge in [0.15, 0.2) is 0 Å². The highest BCUT2D eigenvalue weighted by Gasteiger charge is 2.25. The van der Waals surface area contributed by atoms with Gasteiger partial charge in [0.1, 0.15) is 11.6 Å². The molecule has 1 fully saturated rings. The van der Waals surface area contributed by atoms with Gasteiger partial charge in [-0.3, -0.25) is 4.79 Å². The first kappa shape index (κ1) is 31.7. The fourth-order valence-electron chi connectivity index (χ4n) is 3.57. The Balaban J connectivity index is 0.00000316. The molecule has 204 valence electrons. The van der Waals surface area contributed by atoms with Gasteiger partial charge in [-0.1, -0.05) is 52.0 Å². The van der Waals surface area contributed by atoms with Crippen molar-refractivity contribution in [2.75, 3.05) is 88.4 Å². The summed E-state index contributed by atoms with van der Waals surface area (Å²) in [6.45, 7) is 19.2. The predicted octanol–water partition coefficient (Wildman–Crippen LogP) is 4.02. The highest BCUT2D eigenvalue weighted by Crippen LogP contribution is 2.23. The highest BCUT2D eigenvalue weighted by molar-refractivity contribution is 6.29. The van der Waals surface area contributed by atoms with Gasteiger partial charge in [-0.15, -0.1) is 0 Å². The van der Waals surface area contributed by atoms with Crippen LogP contribution in [0.1, 0.15) is 34.6 Å². The third kappa shape index (κ3) is 9.95. The smallest absolute Gasteiger partial charge is 0.229 e. The van der Waals surface area contributed by atoms with Crippen LogP contribution in [0.15, 0.2) is 29.3 Å². The molecule has 0 aromatic carbocycles. The fourth-order valence-corrected chi connectivity index (χ4v) is 3.72. The van der Waals surface area contributed by atoms with E-state index in [1.807, 2.05) is 45.6 Å². The molecule has 0 saturated carbocycles. The second-order valence-corrected chi connectivity index (χ2v) is 9.03. The van der Waals surface area contributed by atoms with E-state index in [-0.39, 0.29) is 11.8 Å². The number of ether oxygens (including phenoxy) is 2. The summed E-state index contributed by atoms with van der Waals surface area (Å²) in [5.41, 5.74) is 0.903. The van der Waals surface area contributed by atoms with Gasteiger partial charge in [0, 0.05) is 77.0 Å². The van der Waals surface area contributed by atoms with Gasteiger partial charge in [0.25, 0.3) is 0 Å². The number of carbonyl (C=O) groups is 1. The quantitative estimate of drug-likeness (QED) is 0.387. The van der Waals surface area contributed by atoms with Crippen LogP contribution in [-0.2, 0) is 14.3 Å². The second-order valence-electron chi connectivity index (χ2n) is 8.47. The minimum Gasteiger partial charge on any atom is -0.383 e. The second kappa shape index (κ2) is 17.2. The summed E-state index contributed by atoms with van der Waals surface area (Å²) in [5.74, 6) is 2.28. The van der Waals surface area contributed by atoms with E-state index in [1.54, 1.807) is 20.3 Å². The SMILES string of the molecule is C=C/C(CNc1cc(N(CCOC)CCOC)nc(N2CCN(C(=O)C(C)C)CC2)n1)=C(\C)Cl.CC. The van der Waals surface area contributed by atoms with Crippen LogP contribution in [0.25, 0.3) is 0 Å². The molecule has 0 bridgehead atoms. The zero-order valence-electron chi connectivity index (χ0n) is 23.1. The summed E-state index contributed by atoms with van der Waals surface area (Å²) in [5, 5.41) is 4.05. The minimum absolute atomic E-state index is 0.00504. The van der Waals surface area contributed by atoms with Gasteiger partial charge >= 0.3 is 0 Å². The molecule has 1 amide bonds. The zero-order chi connectivity index (χ0) is 27.1. The monoisotopic (exact) mass is 524 g/mol. The number of rotatable bonds is 13. The van der Waals surface area contributed by atoms with Crippen molar-refractivity contribution in [3.63, 3.8) is 0 Å². The lowest BCUT2D eigenvalue weighted by Crippen LogP contribution is -2.50. The van der Waals surface area contributed by atoms with E-state index in [4.69, 9.17) is 31.0 Å². The number of hydrogen-bond donors (Lipinski definition) is 1. The van der Waals surface area contributed by atoms with Gasteiger partial charge in [0.05, 0.1) is 13.2 Å². The predicted molar refractivity (Wildman–Crippen MR) is 150 cm³/mol. The number of halogens is 1. The highest BCUT2D eigenvalue weighted by atomic mass is 35.5. The molecule has 36 heavy (non-hydrogen) atoms. The van der Waals surface area contributed by atoms with Crippen LogP contribution < -0.4 is 15.1 Å². The van der Waals surface area contributed by atoms with Crippen molar-refractivity contribution in [1.29, 1.82) is 0 Å². The maximum Gasteiger partial charge on any atom is 0.229 e. The summed E-state index contributed by atoms with van der Waals surface area (Å²) in [4.78, 5) is 28.2. The van der Waals surface area contributed by atoms with Crippen molar-refractivity contribution in [3.8, 4) is 0 Å². The molecule has 1 aromatic rings. The molecule has 0 atom stereocenters. The molecule has 10 heteroatoms. The number of anilines is 3. The number of hydrogen-bond acceptors (Lipinski definition) is 8. The van der Waals surface area contributed by atoms with Crippen LogP contribution >= 0.6 is 11.6 Å². The number of aromatic nitrogens is 2. The van der Waals surface area contributed by atoms with Gasteiger partial charge < -0.3 is 29.5 Å². The number of piperazine rings is 1. The lowest BCUT2D eigenvalue weighted by Gasteiger charge is -2.36. The lowest BCUT2D eigenvalue weighted by molar-refractivity contribution is -0.134. The van der Waals surface area contributed by atoms with Crippen LogP contribution in [0.2, 0.25) is 0 Å². The molecule has 1 saturated heterocycles. The Bertz CT molecular complexity index is 829. The van der Waals surface area contributed by atoms with Crippen molar-refractivity contribution < 1.29 is 14.3 Å². The Morgan fingerprint density at radius 2 is 1.75 bits per heavy atom. The Hall–Kier alpha value is -2.36. The molecule has 2 rings (SSSR count). The van der Waals surface area contributed by atoms with E-state index in [1.165, 1.54) is 0 Å². The molecular weight excluding hydrogens is 480 g/mol. The summed E-state index contributed by atoms with van der Waals surface area (Å²) in [7, 11) is 3.37. The third-order valence-electron chi connectivity index (χ3n) is 5.67. The molecule has 0 radical (unpaired) electrons. The molecular formula is C26H45ClN6O3. The molecule has 1 aliphatic heterocycles. The van der Waals surface area contributed by atoms with E-state index >= 15 is 0 Å². The van der Waals surface area contributed by atoms with E-state index in [0.29, 0.717) is 75.8 Å². The van der Waals surface area contributed by atoms with Crippen molar-refractivity contribution in [3.05, 3.63) is 29.3 Å². The third-order valence-corrected chi connectivity index (χ3v) is 5.92.